The molecule has 0 N–H and O–H groups in total. The van der Waals surface area contributed by atoms with Crippen LogP contribution in [0.5, 0.6) is 0 Å². The molecule has 23 heavy (non-hydrogen) atoms. The van der Waals surface area contributed by atoms with E-state index in [1.165, 1.54) is 0 Å². The van der Waals surface area contributed by atoms with Gasteiger partial charge >= 0.3 is 0 Å². The molecule has 0 bridgehead atoms. The highest BCUT2D eigenvalue weighted by Gasteiger charge is 2.36. The molecule has 1 heterocycles. The summed E-state index contributed by atoms with van der Waals surface area (Å²) in [5, 5.41) is -0.0726. The van der Waals surface area contributed by atoms with Gasteiger partial charge in [0.2, 0.25) is 0 Å². The van der Waals surface area contributed by atoms with Crippen LogP contribution in [0, 0.1) is 0 Å². The molecule has 0 aromatic heterocycles. The van der Waals surface area contributed by atoms with E-state index in [9.17, 15) is 13.2 Å². The van der Waals surface area contributed by atoms with Crippen molar-refractivity contribution in [3.8, 4) is 0 Å². The van der Waals surface area contributed by atoms with Gasteiger partial charge in [-0.05, 0) is 36.8 Å². The van der Waals surface area contributed by atoms with Gasteiger partial charge in [0.15, 0.2) is 9.84 Å². The Kier molecular flexibility index (Phi) is 4.41. The number of rotatable bonds is 3. The summed E-state index contributed by atoms with van der Waals surface area (Å²) in [5.41, 5.74) is 0.482. The lowest BCUT2D eigenvalue weighted by molar-refractivity contribution is 0.0793. The van der Waals surface area contributed by atoms with Crippen molar-refractivity contribution < 1.29 is 13.2 Å². The highest BCUT2D eigenvalue weighted by Crippen LogP contribution is 2.25. The van der Waals surface area contributed by atoms with Crippen LogP contribution in [-0.4, -0.2) is 37.6 Å². The van der Waals surface area contributed by atoms with E-state index in [1.54, 1.807) is 59.5 Å². The lowest BCUT2D eigenvalue weighted by Gasteiger charge is -2.17. The highest BCUT2D eigenvalue weighted by molar-refractivity contribution is 7.92. The van der Waals surface area contributed by atoms with E-state index in [2.05, 4.69) is 0 Å². The third-order valence-corrected chi connectivity index (χ3v) is 6.44. The summed E-state index contributed by atoms with van der Waals surface area (Å²) in [6, 6.07) is 15.1. The minimum Gasteiger partial charge on any atom is -0.337 e. The van der Waals surface area contributed by atoms with Crippen molar-refractivity contribution >= 4 is 27.3 Å². The van der Waals surface area contributed by atoms with Crippen LogP contribution in [0.15, 0.2) is 59.5 Å². The van der Waals surface area contributed by atoms with Gasteiger partial charge < -0.3 is 4.90 Å². The fourth-order valence-corrected chi connectivity index (χ4v) is 4.68. The number of benzene rings is 2. The molecule has 1 fully saturated rings. The van der Waals surface area contributed by atoms with Crippen molar-refractivity contribution in [1.29, 1.82) is 0 Å². The molecular formula is C17H16ClNO3S. The zero-order chi connectivity index (χ0) is 16.4. The van der Waals surface area contributed by atoms with Crippen LogP contribution < -0.4 is 0 Å². The van der Waals surface area contributed by atoms with Gasteiger partial charge in [-0.25, -0.2) is 8.42 Å². The molecule has 0 aliphatic carbocycles. The second-order valence-electron chi connectivity index (χ2n) is 5.53. The van der Waals surface area contributed by atoms with Crippen molar-refractivity contribution in [2.75, 3.05) is 13.1 Å². The van der Waals surface area contributed by atoms with Gasteiger partial charge in [0.05, 0.1) is 10.1 Å². The second kappa shape index (κ2) is 6.34. The lowest BCUT2D eigenvalue weighted by atomic mass is 10.2. The van der Waals surface area contributed by atoms with Crippen LogP contribution in [0.2, 0.25) is 5.02 Å². The van der Waals surface area contributed by atoms with E-state index in [0.29, 0.717) is 28.4 Å². The molecule has 1 aliphatic heterocycles. The number of halogens is 1. The fourth-order valence-electron chi connectivity index (χ4n) is 2.77. The molecule has 0 unspecified atom stereocenters. The number of hydrogen-bond acceptors (Lipinski definition) is 3. The quantitative estimate of drug-likeness (QED) is 0.855. The number of likely N-dealkylation sites (tertiary alicyclic amines) is 1. The molecule has 120 valence electrons. The summed E-state index contributed by atoms with van der Waals surface area (Å²) in [6.07, 6.45) is 0.448. The largest absolute Gasteiger partial charge is 0.337 e. The maximum atomic E-state index is 12.6. The Labute approximate surface area is 140 Å². The first-order valence-corrected chi connectivity index (χ1v) is 9.25. The Morgan fingerprint density at radius 2 is 1.83 bits per heavy atom. The third-order valence-electron chi connectivity index (χ3n) is 4.01. The van der Waals surface area contributed by atoms with Gasteiger partial charge in [0, 0.05) is 23.7 Å². The average molecular weight is 350 g/mol. The predicted octanol–water partition coefficient (Wildman–Crippen LogP) is 3.03. The highest BCUT2D eigenvalue weighted by atomic mass is 35.5. The predicted molar refractivity (Wildman–Crippen MR) is 89.4 cm³/mol. The molecule has 0 saturated carbocycles. The van der Waals surface area contributed by atoms with Gasteiger partial charge in [0.25, 0.3) is 5.91 Å². The molecule has 0 spiro atoms. The summed E-state index contributed by atoms with van der Waals surface area (Å²) < 4.78 is 25.3. The number of carbonyl (C=O) groups excluding carboxylic acids is 1. The van der Waals surface area contributed by atoms with Crippen molar-refractivity contribution in [2.24, 2.45) is 0 Å². The maximum Gasteiger partial charge on any atom is 0.253 e. The van der Waals surface area contributed by atoms with Gasteiger partial charge in [-0.3, -0.25) is 4.79 Å². The number of carbonyl (C=O) groups is 1. The van der Waals surface area contributed by atoms with Crippen molar-refractivity contribution in [3.05, 3.63) is 65.2 Å². The van der Waals surface area contributed by atoms with Gasteiger partial charge in [-0.2, -0.15) is 0 Å². The van der Waals surface area contributed by atoms with Gasteiger partial charge in [-0.15, -0.1) is 0 Å². The molecule has 2 aromatic rings. The van der Waals surface area contributed by atoms with Crippen molar-refractivity contribution in [3.63, 3.8) is 0 Å². The molecule has 2 aromatic carbocycles. The molecule has 1 amide bonds. The molecular weight excluding hydrogens is 334 g/mol. The molecule has 3 rings (SSSR count). The molecule has 1 atom stereocenters. The first-order valence-electron chi connectivity index (χ1n) is 7.32. The fraction of sp³-hybridized carbons (Fsp3) is 0.235. The zero-order valence-corrected chi connectivity index (χ0v) is 13.9. The third kappa shape index (κ3) is 3.26. The van der Waals surface area contributed by atoms with Crippen molar-refractivity contribution in [2.45, 2.75) is 16.6 Å². The topological polar surface area (TPSA) is 54.5 Å². The summed E-state index contributed by atoms with van der Waals surface area (Å²) in [6.45, 7) is 0.644. The summed E-state index contributed by atoms with van der Waals surface area (Å²) >= 11 is 5.91. The standard InChI is InChI=1S/C17H16ClNO3S/c18-14-6-4-5-13(11-14)17(20)19-10-9-16(12-19)23(21,22)15-7-2-1-3-8-15/h1-8,11,16H,9-10,12H2/t16-/m0/s1. The van der Waals surface area contributed by atoms with Crippen LogP contribution in [0.3, 0.4) is 0 Å². The molecule has 1 aliphatic rings. The smallest absolute Gasteiger partial charge is 0.253 e. The zero-order valence-electron chi connectivity index (χ0n) is 12.4. The Bertz CT molecular complexity index is 821. The van der Waals surface area contributed by atoms with Crippen LogP contribution in [-0.2, 0) is 9.84 Å². The first-order chi connectivity index (χ1) is 11.0. The average Bonchev–Trinajstić information content (AvgIpc) is 3.06. The Morgan fingerprint density at radius 1 is 1.09 bits per heavy atom. The summed E-state index contributed by atoms with van der Waals surface area (Å²) in [4.78, 5) is 14.4. The van der Waals surface area contributed by atoms with E-state index >= 15 is 0 Å². The SMILES string of the molecule is O=C(c1cccc(Cl)c1)N1CC[C@H](S(=O)(=O)c2ccccc2)C1. The monoisotopic (exact) mass is 349 g/mol. The Morgan fingerprint density at radius 3 is 2.52 bits per heavy atom. The molecule has 4 nitrogen and oxygen atoms in total. The van der Waals surface area contributed by atoms with E-state index < -0.39 is 15.1 Å². The Hall–Kier alpha value is -1.85. The molecule has 1 saturated heterocycles. The number of sulfone groups is 1. The van der Waals surface area contributed by atoms with Crippen molar-refractivity contribution in [1.82, 2.24) is 4.90 Å². The minimum absolute atomic E-state index is 0.182. The number of nitrogens with zero attached hydrogens (tertiary/aromatic N) is 1. The van der Waals surface area contributed by atoms with E-state index in [-0.39, 0.29) is 12.5 Å². The van der Waals surface area contributed by atoms with E-state index in [1.807, 2.05) is 0 Å². The summed E-state index contributed by atoms with van der Waals surface area (Å²) in [7, 11) is -3.42. The normalized spacial score (nSPS) is 18.1. The minimum atomic E-state index is -3.42. The molecule has 6 heteroatoms. The molecule has 0 radical (unpaired) electrons. The number of amides is 1. The summed E-state index contributed by atoms with van der Waals surface area (Å²) in [5.74, 6) is -0.182. The van der Waals surface area contributed by atoms with Crippen LogP contribution in [0.1, 0.15) is 16.8 Å². The second-order valence-corrected chi connectivity index (χ2v) is 8.19. The maximum absolute atomic E-state index is 12.6. The van der Waals surface area contributed by atoms with Crippen LogP contribution in [0.4, 0.5) is 0 Å². The number of hydrogen-bond donors (Lipinski definition) is 0. The lowest BCUT2D eigenvalue weighted by Crippen LogP contribution is -2.31. The first kappa shape index (κ1) is 16.0. The van der Waals surface area contributed by atoms with E-state index in [4.69, 9.17) is 11.6 Å². The van der Waals surface area contributed by atoms with Crippen LogP contribution in [0.25, 0.3) is 0 Å². The van der Waals surface area contributed by atoms with E-state index in [0.717, 1.165) is 0 Å². The van der Waals surface area contributed by atoms with Crippen LogP contribution >= 0.6 is 11.6 Å². The van der Waals surface area contributed by atoms with Gasteiger partial charge in [-0.1, -0.05) is 35.9 Å². The Balaban J connectivity index is 1.77. The van der Waals surface area contributed by atoms with Gasteiger partial charge in [0.1, 0.15) is 0 Å².